The Hall–Kier alpha value is -2.15. The summed E-state index contributed by atoms with van der Waals surface area (Å²) in [5.41, 5.74) is 0.884. The molecule has 2 aromatic heterocycles. The molecule has 0 aliphatic rings. The molecule has 124 valence electrons. The quantitative estimate of drug-likeness (QED) is 0.627. The zero-order valence-corrected chi connectivity index (χ0v) is 14.2. The summed E-state index contributed by atoms with van der Waals surface area (Å²) in [6, 6.07) is 15.8. The minimum Gasteiger partial charge on any atom is -0.468 e. The highest BCUT2D eigenvalue weighted by Gasteiger charge is 2.26. The standard InChI is InChI=1S/C17H15ClN2O3S/c18-17-9-8-16(11-19-17)24(21,22)20(13-15-7-4-10-23-15)12-14-5-2-1-3-6-14/h1-11H,12-13H2. The summed E-state index contributed by atoms with van der Waals surface area (Å²) in [5.74, 6) is 0.566. The van der Waals surface area contributed by atoms with E-state index in [2.05, 4.69) is 4.98 Å². The van der Waals surface area contributed by atoms with Crippen LogP contribution in [0.4, 0.5) is 0 Å². The molecule has 2 heterocycles. The molecule has 0 fully saturated rings. The van der Waals surface area contributed by atoms with Crippen molar-refractivity contribution in [1.29, 1.82) is 0 Å². The smallest absolute Gasteiger partial charge is 0.245 e. The van der Waals surface area contributed by atoms with E-state index in [1.807, 2.05) is 30.3 Å². The molecule has 0 unspecified atom stereocenters. The first-order valence-electron chi connectivity index (χ1n) is 7.24. The lowest BCUT2D eigenvalue weighted by molar-refractivity contribution is 0.358. The van der Waals surface area contributed by atoms with Crippen LogP contribution < -0.4 is 0 Å². The SMILES string of the molecule is O=S(=O)(c1ccc(Cl)nc1)N(Cc1ccccc1)Cc1ccco1. The molecule has 5 nitrogen and oxygen atoms in total. The summed E-state index contributed by atoms with van der Waals surface area (Å²) in [7, 11) is -3.74. The number of hydrogen-bond acceptors (Lipinski definition) is 4. The topological polar surface area (TPSA) is 63.4 Å². The number of halogens is 1. The molecule has 0 aliphatic carbocycles. The Labute approximate surface area is 145 Å². The first-order valence-corrected chi connectivity index (χ1v) is 9.05. The molecule has 0 spiro atoms. The largest absolute Gasteiger partial charge is 0.468 e. The lowest BCUT2D eigenvalue weighted by atomic mass is 10.2. The van der Waals surface area contributed by atoms with Crippen LogP contribution in [0.1, 0.15) is 11.3 Å². The highest BCUT2D eigenvalue weighted by atomic mass is 35.5. The van der Waals surface area contributed by atoms with E-state index in [1.165, 1.54) is 28.9 Å². The van der Waals surface area contributed by atoms with Gasteiger partial charge >= 0.3 is 0 Å². The van der Waals surface area contributed by atoms with Crippen molar-refractivity contribution in [3.8, 4) is 0 Å². The van der Waals surface area contributed by atoms with Crippen LogP contribution in [-0.2, 0) is 23.1 Å². The molecule has 0 radical (unpaired) electrons. The van der Waals surface area contributed by atoms with Crippen LogP contribution in [0.5, 0.6) is 0 Å². The van der Waals surface area contributed by atoms with E-state index in [4.69, 9.17) is 16.0 Å². The minimum atomic E-state index is -3.74. The van der Waals surface area contributed by atoms with Crippen LogP contribution in [0.2, 0.25) is 5.15 Å². The molecule has 24 heavy (non-hydrogen) atoms. The van der Waals surface area contributed by atoms with Gasteiger partial charge in [0, 0.05) is 12.7 Å². The Balaban J connectivity index is 1.94. The number of pyridine rings is 1. The van der Waals surface area contributed by atoms with E-state index in [0.29, 0.717) is 5.76 Å². The molecule has 1 aromatic carbocycles. The van der Waals surface area contributed by atoms with Crippen molar-refractivity contribution in [3.63, 3.8) is 0 Å². The third kappa shape index (κ3) is 3.84. The average Bonchev–Trinajstić information content (AvgIpc) is 3.09. The van der Waals surface area contributed by atoms with Gasteiger partial charge in [-0.25, -0.2) is 13.4 Å². The van der Waals surface area contributed by atoms with Gasteiger partial charge < -0.3 is 4.42 Å². The van der Waals surface area contributed by atoms with Crippen LogP contribution in [0.3, 0.4) is 0 Å². The first kappa shape index (κ1) is 16.7. The lowest BCUT2D eigenvalue weighted by Gasteiger charge is -2.21. The van der Waals surface area contributed by atoms with Gasteiger partial charge in [0.05, 0.1) is 12.8 Å². The summed E-state index contributed by atoms with van der Waals surface area (Å²) in [5, 5.41) is 0.245. The Morgan fingerprint density at radius 1 is 1.00 bits per heavy atom. The Bertz CT molecular complexity index is 879. The van der Waals surface area contributed by atoms with E-state index >= 15 is 0 Å². The maximum absolute atomic E-state index is 13.0. The first-order chi connectivity index (χ1) is 11.6. The normalized spacial score (nSPS) is 11.8. The molecule has 0 saturated carbocycles. The van der Waals surface area contributed by atoms with Crippen LogP contribution in [0, 0.1) is 0 Å². The Morgan fingerprint density at radius 2 is 1.79 bits per heavy atom. The molecule has 0 atom stereocenters. The van der Waals surface area contributed by atoms with Gasteiger partial charge in [0.15, 0.2) is 0 Å². The average molecular weight is 363 g/mol. The summed E-state index contributed by atoms with van der Waals surface area (Å²) >= 11 is 5.75. The fourth-order valence-corrected chi connectivity index (χ4v) is 3.71. The van der Waals surface area contributed by atoms with E-state index in [0.717, 1.165) is 5.56 Å². The van der Waals surface area contributed by atoms with Gasteiger partial charge in [-0.05, 0) is 29.8 Å². The van der Waals surface area contributed by atoms with Crippen molar-refractivity contribution in [2.24, 2.45) is 0 Å². The number of nitrogens with zero attached hydrogens (tertiary/aromatic N) is 2. The highest BCUT2D eigenvalue weighted by molar-refractivity contribution is 7.89. The fraction of sp³-hybridized carbons (Fsp3) is 0.118. The molecule has 0 aliphatic heterocycles. The summed E-state index contributed by atoms with van der Waals surface area (Å²) < 4.78 is 32.6. The van der Waals surface area contributed by atoms with E-state index in [9.17, 15) is 8.42 Å². The predicted molar refractivity (Wildman–Crippen MR) is 90.8 cm³/mol. The van der Waals surface area contributed by atoms with Crippen LogP contribution in [0.25, 0.3) is 0 Å². The molecule has 0 bridgehead atoms. The monoisotopic (exact) mass is 362 g/mol. The maximum Gasteiger partial charge on any atom is 0.245 e. The summed E-state index contributed by atoms with van der Waals surface area (Å²) in [6.45, 7) is 0.360. The number of rotatable bonds is 6. The summed E-state index contributed by atoms with van der Waals surface area (Å²) in [6.07, 6.45) is 2.78. The lowest BCUT2D eigenvalue weighted by Crippen LogP contribution is -2.30. The van der Waals surface area contributed by atoms with Crippen LogP contribution in [-0.4, -0.2) is 17.7 Å². The molecule has 0 amide bonds. The number of benzene rings is 1. The third-order valence-electron chi connectivity index (χ3n) is 3.45. The third-order valence-corrected chi connectivity index (χ3v) is 5.45. The number of hydrogen-bond donors (Lipinski definition) is 0. The van der Waals surface area contributed by atoms with Gasteiger partial charge in [0.2, 0.25) is 10.0 Å². The van der Waals surface area contributed by atoms with E-state index < -0.39 is 10.0 Å². The van der Waals surface area contributed by atoms with Crippen molar-refractivity contribution < 1.29 is 12.8 Å². The van der Waals surface area contributed by atoms with Gasteiger partial charge in [-0.15, -0.1) is 0 Å². The second-order valence-electron chi connectivity index (χ2n) is 5.15. The second kappa shape index (κ2) is 7.17. The molecule has 0 N–H and O–H groups in total. The highest BCUT2D eigenvalue weighted by Crippen LogP contribution is 2.21. The number of sulfonamides is 1. The molecule has 3 aromatic rings. The van der Waals surface area contributed by atoms with Crippen LogP contribution in [0.15, 0.2) is 76.4 Å². The molecule has 0 saturated heterocycles. The van der Waals surface area contributed by atoms with E-state index in [1.54, 1.807) is 12.1 Å². The molecular formula is C17H15ClN2O3S. The minimum absolute atomic E-state index is 0.0920. The van der Waals surface area contributed by atoms with Crippen molar-refractivity contribution in [2.45, 2.75) is 18.0 Å². The Morgan fingerprint density at radius 3 is 2.42 bits per heavy atom. The van der Waals surface area contributed by atoms with Crippen LogP contribution >= 0.6 is 11.6 Å². The van der Waals surface area contributed by atoms with E-state index in [-0.39, 0.29) is 23.1 Å². The van der Waals surface area contributed by atoms with Gasteiger partial charge in [-0.3, -0.25) is 0 Å². The molecular weight excluding hydrogens is 348 g/mol. The van der Waals surface area contributed by atoms with Gasteiger partial charge in [0.1, 0.15) is 15.8 Å². The summed E-state index contributed by atoms with van der Waals surface area (Å²) in [4.78, 5) is 3.96. The van der Waals surface area contributed by atoms with Crippen molar-refractivity contribution in [2.75, 3.05) is 0 Å². The number of furan rings is 1. The molecule has 7 heteroatoms. The fourth-order valence-electron chi connectivity index (χ4n) is 2.25. The van der Waals surface area contributed by atoms with Crippen molar-refractivity contribution in [1.82, 2.24) is 9.29 Å². The van der Waals surface area contributed by atoms with Gasteiger partial charge in [-0.1, -0.05) is 41.9 Å². The van der Waals surface area contributed by atoms with Gasteiger partial charge in [-0.2, -0.15) is 4.31 Å². The second-order valence-corrected chi connectivity index (χ2v) is 7.48. The van der Waals surface area contributed by atoms with Crippen molar-refractivity contribution >= 4 is 21.6 Å². The van der Waals surface area contributed by atoms with Crippen molar-refractivity contribution in [3.05, 3.63) is 83.5 Å². The zero-order valence-electron chi connectivity index (χ0n) is 12.7. The zero-order chi connectivity index (χ0) is 17.0. The molecule has 3 rings (SSSR count). The predicted octanol–water partition coefficient (Wildman–Crippen LogP) is 3.72. The maximum atomic E-state index is 13.0. The van der Waals surface area contributed by atoms with Gasteiger partial charge in [0.25, 0.3) is 0 Å². The number of aromatic nitrogens is 1. The Kier molecular flexibility index (Phi) is 4.99.